The second-order valence-corrected chi connectivity index (χ2v) is 9.32. The van der Waals surface area contributed by atoms with E-state index >= 15 is 0 Å². The van der Waals surface area contributed by atoms with Crippen molar-refractivity contribution >= 4 is 17.7 Å². The molecule has 0 radical (unpaired) electrons. The summed E-state index contributed by atoms with van der Waals surface area (Å²) in [5, 5.41) is 8.72. The summed E-state index contributed by atoms with van der Waals surface area (Å²) in [4.78, 5) is 17.4. The summed E-state index contributed by atoms with van der Waals surface area (Å²) >= 11 is 1.48. The zero-order valence-electron chi connectivity index (χ0n) is 16.8. The third-order valence-electron chi connectivity index (χ3n) is 6.01. The minimum Gasteiger partial charge on any atom is -0.341 e. The van der Waals surface area contributed by atoms with E-state index in [1.54, 1.807) is 6.33 Å². The third kappa shape index (κ3) is 4.41. The van der Waals surface area contributed by atoms with E-state index < -0.39 is 0 Å². The predicted molar refractivity (Wildman–Crippen MR) is 111 cm³/mol. The van der Waals surface area contributed by atoms with Crippen LogP contribution in [0.2, 0.25) is 0 Å². The fraction of sp³-hybridized carbons (Fsp3) is 0.571. The Morgan fingerprint density at radius 3 is 2.93 bits per heavy atom. The lowest BCUT2D eigenvalue weighted by Crippen LogP contribution is -2.45. The van der Waals surface area contributed by atoms with Crippen LogP contribution < -0.4 is 0 Å². The quantitative estimate of drug-likeness (QED) is 0.724. The van der Waals surface area contributed by atoms with Crippen molar-refractivity contribution in [2.45, 2.75) is 37.9 Å². The van der Waals surface area contributed by atoms with Gasteiger partial charge in [0.25, 0.3) is 0 Å². The molecule has 0 aliphatic carbocycles. The van der Waals surface area contributed by atoms with Gasteiger partial charge in [-0.3, -0.25) is 9.69 Å². The second kappa shape index (κ2) is 8.25. The molecule has 1 aromatic carbocycles. The van der Waals surface area contributed by atoms with Crippen molar-refractivity contribution in [3.63, 3.8) is 0 Å². The maximum atomic E-state index is 12.7. The lowest BCUT2D eigenvalue weighted by atomic mass is 9.79. The molecule has 3 heterocycles. The van der Waals surface area contributed by atoms with Crippen LogP contribution >= 0.6 is 11.8 Å². The molecule has 0 bridgehead atoms. The number of hydrogen-bond donors (Lipinski definition) is 0. The molecule has 1 unspecified atom stereocenters. The molecule has 2 saturated heterocycles. The average Bonchev–Trinajstić information content (AvgIpc) is 3.26. The van der Waals surface area contributed by atoms with Gasteiger partial charge in [-0.25, -0.2) is 0 Å². The highest BCUT2D eigenvalue weighted by molar-refractivity contribution is 7.99. The lowest BCUT2D eigenvalue weighted by molar-refractivity contribution is -0.127. The fourth-order valence-electron chi connectivity index (χ4n) is 4.62. The van der Waals surface area contributed by atoms with Crippen LogP contribution in [0.3, 0.4) is 0 Å². The summed E-state index contributed by atoms with van der Waals surface area (Å²) in [6, 6.07) is 8.81. The number of aromatic nitrogens is 3. The van der Waals surface area contributed by atoms with Crippen LogP contribution in [0.4, 0.5) is 0 Å². The largest absolute Gasteiger partial charge is 0.341 e. The van der Waals surface area contributed by atoms with Crippen LogP contribution in [0, 0.1) is 12.3 Å². The summed E-state index contributed by atoms with van der Waals surface area (Å²) in [6.07, 6.45) is 5.25. The number of benzene rings is 1. The van der Waals surface area contributed by atoms with E-state index in [-0.39, 0.29) is 11.3 Å². The standard InChI is InChI=1S/C21H29N5OS/c1-17-5-3-6-18(11-17)12-25-9-4-7-21(14-25)8-10-26(15-21)19(27)13-28-20-23-22-16-24(20)2/h3,5-6,11,16H,4,7-10,12-15H2,1-2H3. The van der Waals surface area contributed by atoms with E-state index in [1.165, 1.54) is 35.7 Å². The van der Waals surface area contributed by atoms with Gasteiger partial charge in [0, 0.05) is 38.6 Å². The molecular formula is C21H29N5OS. The fourth-order valence-corrected chi connectivity index (χ4v) is 5.41. The smallest absolute Gasteiger partial charge is 0.233 e. The molecule has 2 aliphatic heterocycles. The Labute approximate surface area is 171 Å². The topological polar surface area (TPSA) is 54.3 Å². The van der Waals surface area contributed by atoms with Gasteiger partial charge in [0.1, 0.15) is 6.33 Å². The molecule has 1 amide bonds. The van der Waals surface area contributed by atoms with Crippen molar-refractivity contribution in [3.8, 4) is 0 Å². The first-order valence-electron chi connectivity index (χ1n) is 10.1. The summed E-state index contributed by atoms with van der Waals surface area (Å²) in [7, 11) is 1.91. The first kappa shape index (κ1) is 19.5. The highest BCUT2D eigenvalue weighted by Gasteiger charge is 2.42. The zero-order valence-corrected chi connectivity index (χ0v) is 17.6. The molecule has 150 valence electrons. The molecule has 1 spiro atoms. The highest BCUT2D eigenvalue weighted by Crippen LogP contribution is 2.39. The van der Waals surface area contributed by atoms with E-state index in [9.17, 15) is 4.79 Å². The monoisotopic (exact) mass is 399 g/mol. The molecule has 1 aromatic heterocycles. The molecular weight excluding hydrogens is 370 g/mol. The molecule has 0 N–H and O–H groups in total. The molecule has 7 heteroatoms. The Morgan fingerprint density at radius 2 is 2.14 bits per heavy atom. The molecule has 2 aliphatic rings. The van der Waals surface area contributed by atoms with E-state index in [1.807, 2.05) is 11.6 Å². The number of piperidine rings is 1. The summed E-state index contributed by atoms with van der Waals surface area (Å²) in [5.74, 6) is 0.663. The van der Waals surface area contributed by atoms with Crippen LogP contribution in [-0.2, 0) is 18.4 Å². The van der Waals surface area contributed by atoms with Crippen LogP contribution in [0.5, 0.6) is 0 Å². The van der Waals surface area contributed by atoms with E-state index in [2.05, 4.69) is 51.2 Å². The number of hydrogen-bond acceptors (Lipinski definition) is 5. The highest BCUT2D eigenvalue weighted by atomic mass is 32.2. The van der Waals surface area contributed by atoms with E-state index in [0.29, 0.717) is 5.75 Å². The number of likely N-dealkylation sites (tertiary alicyclic amines) is 2. The summed E-state index contributed by atoms with van der Waals surface area (Å²) < 4.78 is 1.85. The normalized spacial score (nSPS) is 22.9. The first-order valence-corrected chi connectivity index (χ1v) is 11.0. The van der Waals surface area contributed by atoms with Crippen LogP contribution in [-0.4, -0.2) is 62.4 Å². The molecule has 6 nitrogen and oxygen atoms in total. The Morgan fingerprint density at radius 1 is 1.25 bits per heavy atom. The van der Waals surface area contributed by atoms with Gasteiger partial charge in [-0.05, 0) is 38.3 Å². The van der Waals surface area contributed by atoms with Gasteiger partial charge >= 0.3 is 0 Å². The SMILES string of the molecule is Cc1cccc(CN2CCCC3(CCN(C(=O)CSc4nncn4C)C3)C2)c1. The number of thioether (sulfide) groups is 1. The first-order chi connectivity index (χ1) is 13.5. The van der Waals surface area contributed by atoms with Gasteiger partial charge in [-0.15, -0.1) is 10.2 Å². The van der Waals surface area contributed by atoms with Gasteiger partial charge in [-0.1, -0.05) is 41.6 Å². The van der Waals surface area contributed by atoms with Crippen molar-refractivity contribution in [1.29, 1.82) is 0 Å². The molecule has 2 fully saturated rings. The van der Waals surface area contributed by atoms with Crippen molar-refractivity contribution in [2.24, 2.45) is 12.5 Å². The number of aryl methyl sites for hydroxylation is 2. The Kier molecular flexibility index (Phi) is 5.73. The minimum absolute atomic E-state index is 0.223. The molecule has 1 atom stereocenters. The molecule has 2 aromatic rings. The Bertz CT molecular complexity index is 838. The Balaban J connectivity index is 1.32. The lowest BCUT2D eigenvalue weighted by Gasteiger charge is -2.40. The van der Waals surface area contributed by atoms with Crippen LogP contribution in [0.15, 0.2) is 35.7 Å². The number of carbonyl (C=O) groups is 1. The number of rotatable bonds is 5. The van der Waals surface area contributed by atoms with Gasteiger partial charge in [-0.2, -0.15) is 0 Å². The minimum atomic E-state index is 0.223. The van der Waals surface area contributed by atoms with Gasteiger partial charge < -0.3 is 9.47 Å². The zero-order chi connectivity index (χ0) is 19.6. The summed E-state index contributed by atoms with van der Waals surface area (Å²) in [6.45, 7) is 7.21. The van der Waals surface area contributed by atoms with Crippen molar-refractivity contribution in [2.75, 3.05) is 31.9 Å². The van der Waals surface area contributed by atoms with Crippen molar-refractivity contribution in [1.82, 2.24) is 24.6 Å². The average molecular weight is 400 g/mol. The van der Waals surface area contributed by atoms with Crippen molar-refractivity contribution in [3.05, 3.63) is 41.7 Å². The van der Waals surface area contributed by atoms with Crippen molar-refractivity contribution < 1.29 is 4.79 Å². The second-order valence-electron chi connectivity index (χ2n) is 8.38. The number of amides is 1. The van der Waals surface area contributed by atoms with E-state index in [4.69, 9.17) is 0 Å². The van der Waals surface area contributed by atoms with Gasteiger partial charge in [0.2, 0.25) is 5.91 Å². The van der Waals surface area contributed by atoms with Gasteiger partial charge in [0.05, 0.1) is 5.75 Å². The number of carbonyl (C=O) groups excluding carboxylic acids is 1. The van der Waals surface area contributed by atoms with Crippen LogP contribution in [0.25, 0.3) is 0 Å². The Hall–Kier alpha value is -1.86. The van der Waals surface area contributed by atoms with Gasteiger partial charge in [0.15, 0.2) is 5.16 Å². The third-order valence-corrected chi connectivity index (χ3v) is 7.03. The number of nitrogens with zero attached hydrogens (tertiary/aromatic N) is 5. The predicted octanol–water partition coefficient (Wildman–Crippen LogP) is 2.73. The summed E-state index contributed by atoms with van der Waals surface area (Å²) in [5.41, 5.74) is 2.98. The van der Waals surface area contributed by atoms with E-state index in [0.717, 1.165) is 44.3 Å². The molecule has 4 rings (SSSR count). The molecule has 28 heavy (non-hydrogen) atoms. The maximum absolute atomic E-state index is 12.7. The van der Waals surface area contributed by atoms with Crippen LogP contribution in [0.1, 0.15) is 30.4 Å². The maximum Gasteiger partial charge on any atom is 0.233 e. The molecule has 0 saturated carbocycles.